The third-order valence-corrected chi connectivity index (χ3v) is 4.99. The van der Waals surface area contributed by atoms with Crippen LogP contribution in [0, 0.1) is 12.3 Å². The highest BCUT2D eigenvalue weighted by Crippen LogP contribution is 2.40. The summed E-state index contributed by atoms with van der Waals surface area (Å²) in [6.45, 7) is 1.95. The van der Waals surface area contributed by atoms with Crippen molar-refractivity contribution >= 4 is 21.6 Å². The quantitative estimate of drug-likeness (QED) is 0.759. The van der Waals surface area contributed by atoms with Crippen molar-refractivity contribution in [3.05, 3.63) is 23.8 Å². The molecule has 0 heterocycles. The van der Waals surface area contributed by atoms with Gasteiger partial charge in [-0.3, -0.25) is 4.79 Å². The van der Waals surface area contributed by atoms with Crippen LogP contribution in [-0.2, 0) is 14.8 Å². The number of hydrogen-bond donors (Lipinski definition) is 3. The van der Waals surface area contributed by atoms with Gasteiger partial charge in [0.1, 0.15) is 0 Å². The van der Waals surface area contributed by atoms with Crippen LogP contribution in [0.25, 0.3) is 0 Å². The summed E-state index contributed by atoms with van der Waals surface area (Å²) in [5, 5.41) is 7.88. The predicted octanol–water partition coefficient (Wildman–Crippen LogP) is 0.710. The van der Waals surface area contributed by atoms with E-state index >= 15 is 0 Å². The van der Waals surface area contributed by atoms with Gasteiger partial charge in [0.15, 0.2) is 0 Å². The lowest BCUT2D eigenvalue weighted by molar-refractivity contribution is -0.129. The van der Waals surface area contributed by atoms with E-state index in [9.17, 15) is 13.2 Å². The predicted molar refractivity (Wildman–Crippen MR) is 76.5 cm³/mol. The molecule has 0 saturated heterocycles. The van der Waals surface area contributed by atoms with Crippen LogP contribution in [0.1, 0.15) is 24.8 Å². The second kappa shape index (κ2) is 5.16. The Morgan fingerprint density at radius 3 is 2.50 bits per heavy atom. The lowest BCUT2D eigenvalue weighted by Gasteiger charge is -2.39. The van der Waals surface area contributed by atoms with Gasteiger partial charge in [0, 0.05) is 12.2 Å². The van der Waals surface area contributed by atoms with E-state index in [-0.39, 0.29) is 10.8 Å². The first kappa shape index (κ1) is 15.0. The Morgan fingerprint density at radius 1 is 1.40 bits per heavy atom. The Hall–Kier alpha value is -1.44. The summed E-state index contributed by atoms with van der Waals surface area (Å²) in [7, 11) is -3.80. The zero-order chi connectivity index (χ0) is 15.0. The average molecular weight is 297 g/mol. The summed E-state index contributed by atoms with van der Waals surface area (Å²) in [5.41, 5.74) is 6.13. The Kier molecular flexibility index (Phi) is 3.86. The highest BCUT2D eigenvalue weighted by atomic mass is 32.2. The second-order valence-corrected chi connectivity index (χ2v) is 6.85. The van der Waals surface area contributed by atoms with Crippen molar-refractivity contribution in [2.45, 2.75) is 31.1 Å². The van der Waals surface area contributed by atoms with E-state index in [1.165, 1.54) is 6.07 Å². The Morgan fingerprint density at radius 2 is 2.05 bits per heavy atom. The minimum absolute atomic E-state index is 0.0192. The number of benzene rings is 1. The number of aryl methyl sites for hydroxylation is 1. The van der Waals surface area contributed by atoms with Gasteiger partial charge in [-0.2, -0.15) is 0 Å². The largest absolute Gasteiger partial charge is 0.329 e. The van der Waals surface area contributed by atoms with Crippen molar-refractivity contribution in [3.8, 4) is 0 Å². The number of nitrogens with one attached hydrogen (secondary N) is 1. The molecule has 2 rings (SSSR count). The molecule has 1 fully saturated rings. The number of rotatable bonds is 4. The summed E-state index contributed by atoms with van der Waals surface area (Å²) >= 11 is 0. The van der Waals surface area contributed by atoms with Gasteiger partial charge in [-0.25, -0.2) is 13.6 Å². The zero-order valence-corrected chi connectivity index (χ0v) is 12.2. The maximum Gasteiger partial charge on any atom is 0.238 e. The molecule has 20 heavy (non-hydrogen) atoms. The van der Waals surface area contributed by atoms with Crippen LogP contribution >= 0.6 is 0 Å². The molecule has 1 amide bonds. The van der Waals surface area contributed by atoms with Crippen LogP contribution in [-0.4, -0.2) is 20.9 Å². The SMILES string of the molecule is Cc1ccc(NC(=O)C2(CN)CCC2)cc1S(N)(=O)=O. The fourth-order valence-corrected chi connectivity index (χ4v) is 3.18. The van der Waals surface area contributed by atoms with E-state index in [1.54, 1.807) is 19.1 Å². The molecule has 0 bridgehead atoms. The topological polar surface area (TPSA) is 115 Å². The van der Waals surface area contributed by atoms with Gasteiger partial charge in [-0.15, -0.1) is 0 Å². The number of nitrogens with two attached hydrogens (primary N) is 2. The summed E-state index contributed by atoms with van der Waals surface area (Å²) in [6, 6.07) is 4.65. The molecule has 0 aliphatic heterocycles. The molecule has 1 aromatic carbocycles. The summed E-state index contributed by atoms with van der Waals surface area (Å²) in [5.74, 6) is -0.157. The van der Waals surface area contributed by atoms with Crippen LogP contribution in [0.3, 0.4) is 0 Å². The molecule has 1 aromatic rings. The molecule has 1 aliphatic carbocycles. The zero-order valence-electron chi connectivity index (χ0n) is 11.3. The lowest BCUT2D eigenvalue weighted by Crippen LogP contribution is -2.47. The van der Waals surface area contributed by atoms with Crippen molar-refractivity contribution in [2.75, 3.05) is 11.9 Å². The van der Waals surface area contributed by atoms with Crippen LogP contribution in [0.2, 0.25) is 0 Å². The van der Waals surface area contributed by atoms with Crippen LogP contribution in [0.5, 0.6) is 0 Å². The maximum atomic E-state index is 12.2. The molecule has 110 valence electrons. The molecule has 0 radical (unpaired) electrons. The van der Waals surface area contributed by atoms with Crippen molar-refractivity contribution < 1.29 is 13.2 Å². The Labute approximate surface area is 118 Å². The first-order valence-corrected chi connectivity index (χ1v) is 7.98. The highest BCUT2D eigenvalue weighted by molar-refractivity contribution is 7.89. The fraction of sp³-hybridized carbons (Fsp3) is 0.462. The van der Waals surface area contributed by atoms with E-state index in [0.29, 0.717) is 17.8 Å². The molecular weight excluding hydrogens is 278 g/mol. The van der Waals surface area contributed by atoms with Crippen LogP contribution in [0.4, 0.5) is 5.69 Å². The molecule has 7 heteroatoms. The second-order valence-electron chi connectivity index (χ2n) is 5.32. The third kappa shape index (κ3) is 2.70. The van der Waals surface area contributed by atoms with Crippen molar-refractivity contribution in [3.63, 3.8) is 0 Å². The maximum absolute atomic E-state index is 12.2. The smallest absolute Gasteiger partial charge is 0.238 e. The Balaban J connectivity index is 2.25. The van der Waals surface area contributed by atoms with Crippen LogP contribution in [0.15, 0.2) is 23.1 Å². The van der Waals surface area contributed by atoms with Crippen molar-refractivity contribution in [2.24, 2.45) is 16.3 Å². The van der Waals surface area contributed by atoms with Gasteiger partial charge in [0.25, 0.3) is 0 Å². The van der Waals surface area contributed by atoms with Gasteiger partial charge < -0.3 is 11.1 Å². The number of carbonyl (C=O) groups is 1. The van der Waals surface area contributed by atoms with E-state index < -0.39 is 15.4 Å². The molecule has 1 saturated carbocycles. The molecule has 5 N–H and O–H groups in total. The highest BCUT2D eigenvalue weighted by Gasteiger charge is 2.42. The number of amides is 1. The van der Waals surface area contributed by atoms with Crippen LogP contribution < -0.4 is 16.2 Å². The van der Waals surface area contributed by atoms with Gasteiger partial charge in [-0.1, -0.05) is 12.5 Å². The van der Waals surface area contributed by atoms with E-state index in [4.69, 9.17) is 10.9 Å². The molecule has 6 nitrogen and oxygen atoms in total. The molecule has 1 aliphatic rings. The average Bonchev–Trinajstić information content (AvgIpc) is 2.29. The molecule has 0 spiro atoms. The minimum atomic E-state index is -3.80. The van der Waals surface area contributed by atoms with Gasteiger partial charge in [0.05, 0.1) is 10.3 Å². The van der Waals surface area contributed by atoms with Gasteiger partial charge >= 0.3 is 0 Å². The normalized spacial score (nSPS) is 17.4. The number of anilines is 1. The summed E-state index contributed by atoms with van der Waals surface area (Å²) in [6.07, 6.45) is 2.52. The third-order valence-electron chi connectivity index (χ3n) is 3.94. The fourth-order valence-electron chi connectivity index (χ4n) is 2.38. The van der Waals surface area contributed by atoms with Crippen molar-refractivity contribution in [1.29, 1.82) is 0 Å². The lowest BCUT2D eigenvalue weighted by atomic mass is 9.68. The number of primary sulfonamides is 1. The number of carbonyl (C=O) groups excluding carboxylic acids is 1. The molecule has 0 atom stereocenters. The minimum Gasteiger partial charge on any atom is -0.329 e. The number of hydrogen-bond acceptors (Lipinski definition) is 4. The summed E-state index contributed by atoms with van der Waals surface area (Å²) < 4.78 is 22.9. The first-order chi connectivity index (χ1) is 9.28. The summed E-state index contributed by atoms with van der Waals surface area (Å²) in [4.78, 5) is 12.2. The van der Waals surface area contributed by atoms with E-state index in [1.807, 2.05) is 0 Å². The monoisotopic (exact) mass is 297 g/mol. The standard InChI is InChI=1S/C13H19N3O3S/c1-9-3-4-10(7-11(9)20(15,18)19)16-12(17)13(8-14)5-2-6-13/h3-4,7H,2,5-6,8,14H2,1H3,(H,16,17)(H2,15,18,19). The first-order valence-electron chi connectivity index (χ1n) is 6.43. The van der Waals surface area contributed by atoms with E-state index in [2.05, 4.69) is 5.32 Å². The molecule has 0 aromatic heterocycles. The Bertz CT molecular complexity index is 631. The van der Waals surface area contributed by atoms with Gasteiger partial charge in [-0.05, 0) is 37.5 Å². The molecular formula is C13H19N3O3S. The van der Waals surface area contributed by atoms with Crippen molar-refractivity contribution in [1.82, 2.24) is 0 Å². The van der Waals surface area contributed by atoms with Gasteiger partial charge in [0.2, 0.25) is 15.9 Å². The molecule has 0 unspecified atom stereocenters. The number of sulfonamides is 1. The van der Waals surface area contributed by atoms with E-state index in [0.717, 1.165) is 19.3 Å².